The van der Waals surface area contributed by atoms with Crippen molar-refractivity contribution in [2.45, 2.75) is 52.5 Å². The molecule has 26 heavy (non-hydrogen) atoms. The Morgan fingerprint density at radius 1 is 1.27 bits per heavy atom. The van der Waals surface area contributed by atoms with Crippen LogP contribution in [0.4, 0.5) is 5.82 Å². The number of nitrogens with zero attached hydrogens (tertiary/aromatic N) is 4. The highest BCUT2D eigenvalue weighted by Gasteiger charge is 2.23. The molecule has 0 aliphatic carbocycles. The van der Waals surface area contributed by atoms with E-state index in [4.69, 9.17) is 4.74 Å². The molecular formula is C19H27N5O2. The van der Waals surface area contributed by atoms with Crippen molar-refractivity contribution >= 4 is 11.7 Å². The quantitative estimate of drug-likeness (QED) is 0.890. The Hall–Kier alpha value is -2.41. The van der Waals surface area contributed by atoms with Gasteiger partial charge in [-0.05, 0) is 39.3 Å². The summed E-state index contributed by atoms with van der Waals surface area (Å²) in [6, 6.07) is 4.24. The van der Waals surface area contributed by atoms with Gasteiger partial charge in [0.25, 0.3) is 5.91 Å². The molecule has 2 unspecified atom stereocenters. The number of carbonyl (C=O) groups is 1. The zero-order valence-electron chi connectivity index (χ0n) is 15.8. The van der Waals surface area contributed by atoms with E-state index >= 15 is 0 Å². The summed E-state index contributed by atoms with van der Waals surface area (Å²) in [5, 5.41) is 7.11. The first-order chi connectivity index (χ1) is 12.4. The Kier molecular flexibility index (Phi) is 5.56. The van der Waals surface area contributed by atoms with E-state index in [1.165, 1.54) is 0 Å². The molecule has 0 saturated carbocycles. The van der Waals surface area contributed by atoms with Gasteiger partial charge in [-0.15, -0.1) is 0 Å². The number of nitrogens with one attached hydrogen (secondary N) is 1. The predicted molar refractivity (Wildman–Crippen MR) is 100 cm³/mol. The van der Waals surface area contributed by atoms with Crippen LogP contribution in [0.15, 0.2) is 30.7 Å². The zero-order valence-corrected chi connectivity index (χ0v) is 15.8. The molecular weight excluding hydrogens is 330 g/mol. The number of carbonyl (C=O) groups excluding carboxylic acids is 1. The summed E-state index contributed by atoms with van der Waals surface area (Å²) in [5.41, 5.74) is 1.53. The SMILES string of the molecule is CC1CN(c2ccc(CNC(=O)c3cnn(C(C)C)c3)cn2)CC(C)O1. The third kappa shape index (κ3) is 4.40. The fourth-order valence-corrected chi connectivity index (χ4v) is 3.10. The molecule has 1 aliphatic rings. The van der Waals surface area contributed by atoms with Gasteiger partial charge in [0.1, 0.15) is 5.82 Å². The molecule has 0 bridgehead atoms. The van der Waals surface area contributed by atoms with Gasteiger partial charge in [0.2, 0.25) is 0 Å². The van der Waals surface area contributed by atoms with E-state index in [9.17, 15) is 4.79 Å². The number of pyridine rings is 1. The van der Waals surface area contributed by atoms with Gasteiger partial charge in [0.05, 0.1) is 24.0 Å². The number of morpholine rings is 1. The minimum atomic E-state index is -0.128. The van der Waals surface area contributed by atoms with E-state index in [1.807, 2.05) is 32.2 Å². The van der Waals surface area contributed by atoms with Crippen molar-refractivity contribution < 1.29 is 9.53 Å². The molecule has 3 rings (SSSR count). The largest absolute Gasteiger partial charge is 0.372 e. The number of aromatic nitrogens is 3. The zero-order chi connectivity index (χ0) is 18.7. The number of hydrogen-bond donors (Lipinski definition) is 1. The van der Waals surface area contributed by atoms with Crippen LogP contribution in [-0.4, -0.2) is 46.0 Å². The summed E-state index contributed by atoms with van der Waals surface area (Å²) >= 11 is 0. The highest BCUT2D eigenvalue weighted by atomic mass is 16.5. The first kappa shape index (κ1) is 18.4. The lowest BCUT2D eigenvalue weighted by molar-refractivity contribution is -0.00546. The maximum Gasteiger partial charge on any atom is 0.254 e. The van der Waals surface area contributed by atoms with Crippen LogP contribution in [0.2, 0.25) is 0 Å². The molecule has 1 N–H and O–H groups in total. The van der Waals surface area contributed by atoms with Crippen LogP contribution in [0.1, 0.15) is 49.7 Å². The average molecular weight is 357 g/mol. The van der Waals surface area contributed by atoms with Gasteiger partial charge in [-0.3, -0.25) is 9.48 Å². The second kappa shape index (κ2) is 7.86. The van der Waals surface area contributed by atoms with Crippen LogP contribution in [-0.2, 0) is 11.3 Å². The average Bonchev–Trinajstić information content (AvgIpc) is 3.10. The van der Waals surface area contributed by atoms with Gasteiger partial charge in [-0.25, -0.2) is 4.98 Å². The maximum atomic E-state index is 12.2. The van der Waals surface area contributed by atoms with Crippen molar-refractivity contribution in [1.29, 1.82) is 0 Å². The van der Waals surface area contributed by atoms with Crippen molar-refractivity contribution in [2.24, 2.45) is 0 Å². The molecule has 2 aromatic heterocycles. The van der Waals surface area contributed by atoms with Gasteiger partial charge in [0.15, 0.2) is 0 Å². The van der Waals surface area contributed by atoms with Crippen LogP contribution in [0.3, 0.4) is 0 Å². The smallest absolute Gasteiger partial charge is 0.254 e. The molecule has 1 aliphatic heterocycles. The summed E-state index contributed by atoms with van der Waals surface area (Å²) in [4.78, 5) is 19.0. The minimum Gasteiger partial charge on any atom is -0.372 e. The topological polar surface area (TPSA) is 72.3 Å². The van der Waals surface area contributed by atoms with E-state index in [0.29, 0.717) is 12.1 Å². The predicted octanol–water partition coefficient (Wildman–Crippen LogP) is 2.40. The Balaban J connectivity index is 1.56. The fourth-order valence-electron chi connectivity index (χ4n) is 3.10. The molecule has 0 aromatic carbocycles. The summed E-state index contributed by atoms with van der Waals surface area (Å²) < 4.78 is 7.53. The minimum absolute atomic E-state index is 0.128. The van der Waals surface area contributed by atoms with Crippen molar-refractivity contribution in [3.05, 3.63) is 41.9 Å². The van der Waals surface area contributed by atoms with Crippen LogP contribution >= 0.6 is 0 Å². The molecule has 2 aromatic rings. The Bertz CT molecular complexity index is 731. The molecule has 2 atom stereocenters. The Labute approximate surface area is 154 Å². The van der Waals surface area contributed by atoms with E-state index < -0.39 is 0 Å². The molecule has 1 saturated heterocycles. The first-order valence-electron chi connectivity index (χ1n) is 9.10. The normalized spacial score (nSPS) is 20.4. The lowest BCUT2D eigenvalue weighted by atomic mass is 10.2. The summed E-state index contributed by atoms with van der Waals surface area (Å²) in [6.07, 6.45) is 5.58. The summed E-state index contributed by atoms with van der Waals surface area (Å²) in [6.45, 7) is 10.3. The van der Waals surface area contributed by atoms with Gasteiger partial charge >= 0.3 is 0 Å². The highest BCUT2D eigenvalue weighted by Crippen LogP contribution is 2.18. The fraction of sp³-hybridized carbons (Fsp3) is 0.526. The third-order valence-electron chi connectivity index (χ3n) is 4.40. The van der Waals surface area contributed by atoms with Crippen molar-refractivity contribution in [1.82, 2.24) is 20.1 Å². The van der Waals surface area contributed by atoms with Crippen LogP contribution in [0.25, 0.3) is 0 Å². The molecule has 140 valence electrons. The van der Waals surface area contributed by atoms with Crippen LogP contribution < -0.4 is 10.2 Å². The van der Waals surface area contributed by atoms with E-state index in [-0.39, 0.29) is 24.2 Å². The second-order valence-electron chi connectivity index (χ2n) is 7.17. The molecule has 3 heterocycles. The summed E-state index contributed by atoms with van der Waals surface area (Å²) in [5.74, 6) is 0.817. The van der Waals surface area contributed by atoms with E-state index in [1.54, 1.807) is 17.1 Å². The molecule has 0 spiro atoms. The van der Waals surface area contributed by atoms with E-state index in [2.05, 4.69) is 34.1 Å². The lowest BCUT2D eigenvalue weighted by Crippen LogP contribution is -2.45. The first-order valence-corrected chi connectivity index (χ1v) is 9.10. The molecule has 0 radical (unpaired) electrons. The third-order valence-corrected chi connectivity index (χ3v) is 4.40. The highest BCUT2D eigenvalue weighted by molar-refractivity contribution is 5.93. The summed E-state index contributed by atoms with van der Waals surface area (Å²) in [7, 11) is 0. The van der Waals surface area contributed by atoms with Crippen LogP contribution in [0.5, 0.6) is 0 Å². The molecule has 1 fully saturated rings. The van der Waals surface area contributed by atoms with E-state index in [0.717, 1.165) is 24.5 Å². The van der Waals surface area contributed by atoms with Gasteiger partial charge in [-0.1, -0.05) is 6.07 Å². The van der Waals surface area contributed by atoms with Gasteiger partial charge in [-0.2, -0.15) is 5.10 Å². The second-order valence-corrected chi connectivity index (χ2v) is 7.17. The lowest BCUT2D eigenvalue weighted by Gasteiger charge is -2.36. The van der Waals surface area contributed by atoms with Crippen molar-refractivity contribution in [3.63, 3.8) is 0 Å². The molecule has 7 nitrogen and oxygen atoms in total. The van der Waals surface area contributed by atoms with Crippen LogP contribution in [0, 0.1) is 0 Å². The number of ether oxygens (including phenoxy) is 1. The van der Waals surface area contributed by atoms with Crippen molar-refractivity contribution in [3.8, 4) is 0 Å². The van der Waals surface area contributed by atoms with Gasteiger partial charge < -0.3 is 15.0 Å². The number of rotatable bonds is 5. The monoisotopic (exact) mass is 357 g/mol. The number of amides is 1. The maximum absolute atomic E-state index is 12.2. The van der Waals surface area contributed by atoms with Crippen molar-refractivity contribution in [2.75, 3.05) is 18.0 Å². The Morgan fingerprint density at radius 3 is 2.58 bits per heavy atom. The number of hydrogen-bond acceptors (Lipinski definition) is 5. The molecule has 7 heteroatoms. The Morgan fingerprint density at radius 2 is 2.00 bits per heavy atom. The van der Waals surface area contributed by atoms with Gasteiger partial charge in [0, 0.05) is 38.1 Å². The number of anilines is 1. The standard InChI is InChI=1S/C19H27N5O2/c1-13(2)24-12-17(9-22-24)19(25)21-8-16-5-6-18(20-7-16)23-10-14(3)26-15(4)11-23/h5-7,9,12-15H,8,10-11H2,1-4H3,(H,21,25). The molecule has 1 amide bonds.